The van der Waals surface area contributed by atoms with Crippen LogP contribution >= 0.6 is 11.3 Å². The summed E-state index contributed by atoms with van der Waals surface area (Å²) in [5.41, 5.74) is 2.69. The molecule has 6 nitrogen and oxygen atoms in total. The average Bonchev–Trinajstić information content (AvgIpc) is 3.19. The summed E-state index contributed by atoms with van der Waals surface area (Å²) in [4.78, 5) is 16.8. The Kier molecular flexibility index (Phi) is 4.77. The van der Waals surface area contributed by atoms with Crippen LogP contribution in [0, 0.1) is 0 Å². The van der Waals surface area contributed by atoms with Gasteiger partial charge in [0.25, 0.3) is 5.91 Å². The first-order valence-electron chi connectivity index (χ1n) is 8.41. The lowest BCUT2D eigenvalue weighted by molar-refractivity contribution is 0.102. The molecule has 27 heavy (non-hydrogen) atoms. The highest BCUT2D eigenvalue weighted by Crippen LogP contribution is 2.29. The number of rotatable bonds is 4. The van der Waals surface area contributed by atoms with Crippen molar-refractivity contribution >= 4 is 33.0 Å². The van der Waals surface area contributed by atoms with E-state index in [2.05, 4.69) is 10.3 Å². The van der Waals surface area contributed by atoms with E-state index in [1.165, 1.54) is 22.1 Å². The number of hydrogen-bond acceptors (Lipinski definition) is 5. The zero-order chi connectivity index (χ0) is 18.9. The molecule has 4 rings (SSSR count). The van der Waals surface area contributed by atoms with Crippen LogP contribution in [0.2, 0.25) is 0 Å². The zero-order valence-corrected chi connectivity index (χ0v) is 16.0. The van der Waals surface area contributed by atoms with E-state index in [9.17, 15) is 13.2 Å². The van der Waals surface area contributed by atoms with E-state index in [0.29, 0.717) is 25.2 Å². The number of fused-ring (bicyclic) bond motifs is 1. The van der Waals surface area contributed by atoms with Crippen molar-refractivity contribution in [1.29, 1.82) is 0 Å². The molecule has 0 aliphatic carbocycles. The van der Waals surface area contributed by atoms with E-state index in [0.717, 1.165) is 16.9 Å². The lowest BCUT2D eigenvalue weighted by Gasteiger charge is -2.28. The third-order valence-electron chi connectivity index (χ3n) is 4.47. The maximum Gasteiger partial charge on any atom is 0.267 e. The van der Waals surface area contributed by atoms with Gasteiger partial charge in [0.05, 0.1) is 11.9 Å². The Morgan fingerprint density at radius 1 is 1.11 bits per heavy atom. The largest absolute Gasteiger partial charge is 0.320 e. The van der Waals surface area contributed by atoms with Crippen LogP contribution in [0.3, 0.4) is 0 Å². The van der Waals surface area contributed by atoms with Gasteiger partial charge < -0.3 is 5.32 Å². The Bertz CT molecular complexity index is 1080. The second-order valence-electron chi connectivity index (χ2n) is 6.17. The van der Waals surface area contributed by atoms with Gasteiger partial charge in [-0.2, -0.15) is 4.31 Å². The number of thiophene rings is 1. The lowest BCUT2D eigenvalue weighted by atomic mass is 10.0. The number of carbonyl (C=O) groups is 1. The molecule has 2 aromatic heterocycles. The third-order valence-corrected chi connectivity index (χ3v) is 7.40. The fourth-order valence-electron chi connectivity index (χ4n) is 3.10. The first-order chi connectivity index (χ1) is 13.1. The van der Waals surface area contributed by atoms with Gasteiger partial charge in [0.2, 0.25) is 10.0 Å². The number of benzene rings is 1. The van der Waals surface area contributed by atoms with Crippen molar-refractivity contribution in [2.24, 2.45) is 0 Å². The Morgan fingerprint density at radius 2 is 1.93 bits per heavy atom. The van der Waals surface area contributed by atoms with Gasteiger partial charge in [-0.25, -0.2) is 8.42 Å². The summed E-state index contributed by atoms with van der Waals surface area (Å²) in [5, 5.41) is 4.33. The van der Waals surface area contributed by atoms with Crippen molar-refractivity contribution in [3.63, 3.8) is 0 Å². The van der Waals surface area contributed by atoms with Crippen LogP contribution in [0.15, 0.2) is 65.1 Å². The minimum Gasteiger partial charge on any atom is -0.320 e. The minimum absolute atomic E-state index is 0.0493. The molecule has 0 fully saturated rings. The first-order valence-corrected chi connectivity index (χ1v) is 10.7. The van der Waals surface area contributed by atoms with Crippen molar-refractivity contribution in [2.45, 2.75) is 17.9 Å². The molecule has 0 radical (unpaired) electrons. The molecule has 0 saturated heterocycles. The summed E-state index contributed by atoms with van der Waals surface area (Å²) in [6.45, 7) is 0.719. The maximum atomic E-state index is 13.2. The van der Waals surface area contributed by atoms with Crippen LogP contribution in [0.4, 0.5) is 5.69 Å². The van der Waals surface area contributed by atoms with Gasteiger partial charge in [-0.15, -0.1) is 11.3 Å². The third kappa shape index (κ3) is 3.51. The summed E-state index contributed by atoms with van der Waals surface area (Å²) in [7, 11) is -3.76. The van der Waals surface area contributed by atoms with E-state index in [1.54, 1.807) is 23.7 Å². The Hall–Kier alpha value is -2.55. The summed E-state index contributed by atoms with van der Waals surface area (Å²) in [6, 6.07) is 12.7. The van der Waals surface area contributed by atoms with E-state index in [1.807, 2.05) is 24.3 Å². The highest BCUT2D eigenvalue weighted by atomic mass is 32.2. The number of aromatic nitrogens is 1. The highest BCUT2D eigenvalue weighted by molar-refractivity contribution is 7.89. The number of pyridine rings is 1. The number of amides is 1. The van der Waals surface area contributed by atoms with Crippen LogP contribution in [0.1, 0.15) is 20.8 Å². The molecule has 138 valence electrons. The molecular formula is C19H17N3O3S2. The van der Waals surface area contributed by atoms with Crippen LogP contribution < -0.4 is 5.32 Å². The van der Waals surface area contributed by atoms with Crippen molar-refractivity contribution in [3.8, 4) is 0 Å². The number of carbonyl (C=O) groups excluding carboxylic acids is 1. The number of sulfonamides is 1. The molecule has 3 aromatic rings. The normalized spacial score (nSPS) is 14.5. The quantitative estimate of drug-likeness (QED) is 0.731. The topological polar surface area (TPSA) is 79.4 Å². The molecule has 1 aromatic carbocycles. The van der Waals surface area contributed by atoms with Crippen molar-refractivity contribution in [2.75, 3.05) is 11.9 Å². The molecule has 1 amide bonds. The molecule has 3 heterocycles. The number of hydrogen-bond donors (Lipinski definition) is 1. The smallest absolute Gasteiger partial charge is 0.267 e. The van der Waals surface area contributed by atoms with E-state index in [4.69, 9.17) is 0 Å². The molecule has 1 N–H and O–H groups in total. The second-order valence-corrected chi connectivity index (χ2v) is 8.99. The fraction of sp³-hybridized carbons (Fsp3) is 0.158. The number of nitrogens with zero attached hydrogens (tertiary/aromatic N) is 2. The molecule has 0 atom stereocenters. The van der Waals surface area contributed by atoms with Crippen molar-refractivity contribution in [1.82, 2.24) is 9.29 Å². The van der Waals surface area contributed by atoms with Gasteiger partial charge in [-0.05, 0) is 41.1 Å². The van der Waals surface area contributed by atoms with Gasteiger partial charge in [0.15, 0.2) is 0 Å². The molecule has 1 aliphatic rings. The average molecular weight is 399 g/mol. The standard InChI is InChI=1S/C19H17N3O3S2/c23-19(21-16-6-3-9-20-12-16)18-17(8-11-26-18)27(24,25)22-10-7-14-4-1-2-5-15(14)13-22/h1-6,8-9,11-12H,7,10,13H2,(H,21,23). The predicted octanol–water partition coefficient (Wildman–Crippen LogP) is 3.14. The van der Waals surface area contributed by atoms with Crippen molar-refractivity contribution in [3.05, 3.63) is 76.2 Å². The molecule has 8 heteroatoms. The molecule has 0 bridgehead atoms. The lowest BCUT2D eigenvalue weighted by Crippen LogP contribution is -2.36. The number of nitrogens with one attached hydrogen (secondary N) is 1. The van der Waals surface area contributed by atoms with Crippen LogP contribution in [0.5, 0.6) is 0 Å². The van der Waals surface area contributed by atoms with E-state index in [-0.39, 0.29) is 9.77 Å². The predicted molar refractivity (Wildman–Crippen MR) is 104 cm³/mol. The SMILES string of the molecule is O=C(Nc1cccnc1)c1sccc1S(=O)(=O)N1CCc2ccccc2C1. The van der Waals surface area contributed by atoms with Gasteiger partial charge in [0, 0.05) is 19.3 Å². The molecule has 1 aliphatic heterocycles. The molecule has 0 saturated carbocycles. The van der Waals surface area contributed by atoms with Gasteiger partial charge in [-0.3, -0.25) is 9.78 Å². The fourth-order valence-corrected chi connectivity index (χ4v) is 5.82. The van der Waals surface area contributed by atoms with E-state index < -0.39 is 15.9 Å². The highest BCUT2D eigenvalue weighted by Gasteiger charge is 2.32. The second kappa shape index (κ2) is 7.22. The Labute approximate surface area is 161 Å². The summed E-state index contributed by atoms with van der Waals surface area (Å²) < 4.78 is 27.8. The Balaban J connectivity index is 1.61. The molecular weight excluding hydrogens is 382 g/mol. The number of anilines is 1. The summed E-state index contributed by atoms with van der Waals surface area (Å²) in [5.74, 6) is -0.450. The van der Waals surface area contributed by atoms with Crippen LogP contribution in [0.25, 0.3) is 0 Å². The van der Waals surface area contributed by atoms with Gasteiger partial charge in [-0.1, -0.05) is 24.3 Å². The van der Waals surface area contributed by atoms with Crippen LogP contribution in [-0.4, -0.2) is 30.2 Å². The van der Waals surface area contributed by atoms with Gasteiger partial charge >= 0.3 is 0 Å². The Morgan fingerprint density at radius 3 is 2.70 bits per heavy atom. The minimum atomic E-state index is -3.76. The zero-order valence-electron chi connectivity index (χ0n) is 14.3. The van der Waals surface area contributed by atoms with Gasteiger partial charge in [0.1, 0.15) is 9.77 Å². The first kappa shape index (κ1) is 17.8. The molecule has 0 unspecified atom stereocenters. The van der Waals surface area contributed by atoms with Crippen molar-refractivity contribution < 1.29 is 13.2 Å². The monoisotopic (exact) mass is 399 g/mol. The van der Waals surface area contributed by atoms with E-state index >= 15 is 0 Å². The van der Waals surface area contributed by atoms with Crippen LogP contribution in [-0.2, 0) is 23.0 Å². The molecule has 0 spiro atoms. The maximum absolute atomic E-state index is 13.2. The summed E-state index contributed by atoms with van der Waals surface area (Å²) >= 11 is 1.12. The summed E-state index contributed by atoms with van der Waals surface area (Å²) in [6.07, 6.45) is 3.78.